The van der Waals surface area contributed by atoms with Gasteiger partial charge in [0.1, 0.15) is 5.69 Å². The third-order valence-corrected chi connectivity index (χ3v) is 4.47. The van der Waals surface area contributed by atoms with E-state index in [2.05, 4.69) is 4.98 Å². The van der Waals surface area contributed by atoms with Crippen LogP contribution in [0.3, 0.4) is 0 Å². The molecule has 0 saturated carbocycles. The van der Waals surface area contributed by atoms with Crippen LogP contribution in [0, 0.1) is 0 Å². The number of likely N-dealkylation sites (N-methyl/N-ethyl adjacent to an activating group) is 1. The van der Waals surface area contributed by atoms with E-state index in [9.17, 15) is 14.7 Å². The molecule has 2 heterocycles. The van der Waals surface area contributed by atoms with E-state index in [1.807, 2.05) is 0 Å². The Kier molecular flexibility index (Phi) is 4.18. The van der Waals surface area contributed by atoms with Gasteiger partial charge < -0.3 is 20.5 Å². The maximum absolute atomic E-state index is 12.3. The average molecular weight is 341 g/mol. The summed E-state index contributed by atoms with van der Waals surface area (Å²) in [5.41, 5.74) is 5.57. The summed E-state index contributed by atoms with van der Waals surface area (Å²) in [5, 5.41) is 10.8. The zero-order valence-corrected chi connectivity index (χ0v) is 14.0. The van der Waals surface area contributed by atoms with Crippen LogP contribution in [0.4, 0.5) is 0 Å². The number of hydrogen-bond acceptors (Lipinski definition) is 5. The highest BCUT2D eigenvalue weighted by atomic mass is 16.5. The number of carbonyl (C=O) groups is 2. The van der Waals surface area contributed by atoms with Crippen LogP contribution in [0.25, 0.3) is 11.1 Å². The van der Waals surface area contributed by atoms with E-state index in [4.69, 9.17) is 10.5 Å². The Morgan fingerprint density at radius 1 is 1.36 bits per heavy atom. The number of primary amides is 1. The molecule has 0 radical (unpaired) electrons. The molecule has 1 aliphatic rings. The highest BCUT2D eigenvalue weighted by molar-refractivity contribution is 5.98. The van der Waals surface area contributed by atoms with Crippen molar-refractivity contribution in [3.05, 3.63) is 47.7 Å². The van der Waals surface area contributed by atoms with Gasteiger partial charge in [0.05, 0.1) is 7.11 Å². The molecule has 1 aromatic heterocycles. The fourth-order valence-corrected chi connectivity index (χ4v) is 3.04. The van der Waals surface area contributed by atoms with Crippen molar-refractivity contribution in [2.75, 3.05) is 20.7 Å². The third kappa shape index (κ3) is 2.83. The van der Waals surface area contributed by atoms with Crippen LogP contribution in [0.1, 0.15) is 22.5 Å². The lowest BCUT2D eigenvalue weighted by molar-refractivity contribution is -0.143. The van der Waals surface area contributed by atoms with Crippen LogP contribution in [0.5, 0.6) is 5.88 Å². The van der Waals surface area contributed by atoms with Gasteiger partial charge in [-0.15, -0.1) is 0 Å². The molecule has 2 amide bonds. The number of nitrogens with two attached hydrogens (primary N) is 1. The molecule has 0 aliphatic carbocycles. The second kappa shape index (κ2) is 6.18. The summed E-state index contributed by atoms with van der Waals surface area (Å²) in [5.74, 6) is -0.748. The number of methoxy groups -OCH3 is 1. The summed E-state index contributed by atoms with van der Waals surface area (Å²) >= 11 is 0. The van der Waals surface area contributed by atoms with Gasteiger partial charge in [0.25, 0.3) is 11.8 Å². The fraction of sp³-hybridized carbons (Fsp3) is 0.278. The van der Waals surface area contributed by atoms with Gasteiger partial charge in [-0.2, -0.15) is 0 Å². The maximum atomic E-state index is 12.3. The smallest absolute Gasteiger partial charge is 0.268 e. The Hall–Kier alpha value is -2.93. The molecule has 7 heteroatoms. The van der Waals surface area contributed by atoms with Crippen LogP contribution >= 0.6 is 0 Å². The summed E-state index contributed by atoms with van der Waals surface area (Å²) < 4.78 is 5.03. The number of ether oxygens (including phenoxy) is 1. The molecule has 130 valence electrons. The molecule has 3 N–H and O–H groups in total. The largest absolute Gasteiger partial charge is 0.481 e. The molecule has 0 bridgehead atoms. The lowest BCUT2D eigenvalue weighted by Gasteiger charge is -2.22. The SMILES string of the molecule is COc1ccc(-c2cccc(C3(O)CCN(C)C3=O)c2)c(C(N)=O)n1. The Morgan fingerprint density at radius 3 is 2.72 bits per heavy atom. The monoisotopic (exact) mass is 341 g/mol. The van der Waals surface area contributed by atoms with Crippen molar-refractivity contribution in [3.63, 3.8) is 0 Å². The normalized spacial score (nSPS) is 20.0. The van der Waals surface area contributed by atoms with Crippen molar-refractivity contribution in [2.45, 2.75) is 12.0 Å². The van der Waals surface area contributed by atoms with Crippen molar-refractivity contribution >= 4 is 11.8 Å². The highest BCUT2D eigenvalue weighted by Gasteiger charge is 2.45. The molecule has 2 aromatic rings. The highest BCUT2D eigenvalue weighted by Crippen LogP contribution is 2.35. The molecule has 1 atom stereocenters. The first kappa shape index (κ1) is 16.9. The lowest BCUT2D eigenvalue weighted by Crippen LogP contribution is -2.36. The van der Waals surface area contributed by atoms with Gasteiger partial charge in [-0.1, -0.05) is 18.2 Å². The van der Waals surface area contributed by atoms with E-state index >= 15 is 0 Å². The van der Waals surface area contributed by atoms with Crippen molar-refractivity contribution in [3.8, 4) is 17.0 Å². The average Bonchev–Trinajstić information content (AvgIpc) is 2.90. The van der Waals surface area contributed by atoms with Gasteiger partial charge in [-0.25, -0.2) is 4.98 Å². The Balaban J connectivity index is 2.09. The predicted molar refractivity (Wildman–Crippen MR) is 90.9 cm³/mol. The Morgan fingerprint density at radius 2 is 2.12 bits per heavy atom. The van der Waals surface area contributed by atoms with E-state index in [0.29, 0.717) is 29.7 Å². The number of hydrogen-bond donors (Lipinski definition) is 2. The zero-order chi connectivity index (χ0) is 18.2. The topological polar surface area (TPSA) is 106 Å². The van der Waals surface area contributed by atoms with Crippen molar-refractivity contribution in [2.24, 2.45) is 5.73 Å². The number of rotatable bonds is 4. The van der Waals surface area contributed by atoms with Crippen LogP contribution in [-0.4, -0.2) is 47.5 Å². The molecule has 7 nitrogen and oxygen atoms in total. The number of pyridine rings is 1. The lowest BCUT2D eigenvalue weighted by atomic mass is 9.89. The first-order valence-corrected chi connectivity index (χ1v) is 7.80. The summed E-state index contributed by atoms with van der Waals surface area (Å²) in [7, 11) is 3.11. The molecule has 0 spiro atoms. The van der Waals surface area contributed by atoms with E-state index in [1.54, 1.807) is 43.4 Å². The van der Waals surface area contributed by atoms with Crippen molar-refractivity contribution in [1.82, 2.24) is 9.88 Å². The predicted octanol–water partition coefficient (Wildman–Crippen LogP) is 0.906. The molecular weight excluding hydrogens is 322 g/mol. The quantitative estimate of drug-likeness (QED) is 0.860. The third-order valence-electron chi connectivity index (χ3n) is 4.47. The summed E-state index contributed by atoms with van der Waals surface area (Å²) in [4.78, 5) is 29.7. The number of aromatic nitrogens is 1. The molecule has 1 aromatic carbocycles. The van der Waals surface area contributed by atoms with E-state index in [0.717, 1.165) is 0 Å². The first-order chi connectivity index (χ1) is 11.9. The minimum atomic E-state index is -1.56. The number of nitrogens with zero attached hydrogens (tertiary/aromatic N) is 2. The van der Waals surface area contributed by atoms with Crippen molar-refractivity contribution in [1.29, 1.82) is 0 Å². The summed E-state index contributed by atoms with van der Waals surface area (Å²) in [6, 6.07) is 10.2. The zero-order valence-electron chi connectivity index (χ0n) is 14.0. The van der Waals surface area contributed by atoms with Gasteiger partial charge >= 0.3 is 0 Å². The second-order valence-corrected chi connectivity index (χ2v) is 6.03. The molecule has 1 saturated heterocycles. The molecule has 25 heavy (non-hydrogen) atoms. The Bertz CT molecular complexity index is 852. The molecule has 1 aliphatic heterocycles. The summed E-state index contributed by atoms with van der Waals surface area (Å²) in [6.07, 6.45) is 0.315. The maximum Gasteiger partial charge on any atom is 0.268 e. The summed E-state index contributed by atoms with van der Waals surface area (Å²) in [6.45, 7) is 0.482. The van der Waals surface area contributed by atoms with Gasteiger partial charge in [-0.3, -0.25) is 9.59 Å². The number of amides is 2. The van der Waals surface area contributed by atoms with Gasteiger partial charge in [0.2, 0.25) is 5.88 Å². The van der Waals surface area contributed by atoms with E-state index < -0.39 is 11.5 Å². The van der Waals surface area contributed by atoms with Gasteiger partial charge in [0.15, 0.2) is 5.60 Å². The minimum absolute atomic E-state index is 0.0679. The molecule has 3 rings (SSSR count). The van der Waals surface area contributed by atoms with E-state index in [-0.39, 0.29) is 17.5 Å². The van der Waals surface area contributed by atoms with Crippen LogP contribution in [0.15, 0.2) is 36.4 Å². The number of likely N-dealkylation sites (tertiary alicyclic amines) is 1. The molecular formula is C18H19N3O4. The second-order valence-electron chi connectivity index (χ2n) is 6.03. The molecule has 1 unspecified atom stereocenters. The standard InChI is InChI=1S/C18H19N3O4/c1-21-9-8-18(24,17(21)23)12-5-3-4-11(10-12)13-6-7-14(25-2)20-15(13)16(19)22/h3-7,10,24H,8-9H2,1-2H3,(H2,19,22). The van der Waals surface area contributed by atoms with Crippen molar-refractivity contribution < 1.29 is 19.4 Å². The van der Waals surface area contributed by atoms with E-state index in [1.165, 1.54) is 12.0 Å². The van der Waals surface area contributed by atoms with Crippen LogP contribution in [0.2, 0.25) is 0 Å². The Labute approximate surface area is 145 Å². The minimum Gasteiger partial charge on any atom is -0.481 e. The fourth-order valence-electron chi connectivity index (χ4n) is 3.04. The van der Waals surface area contributed by atoms with Crippen LogP contribution < -0.4 is 10.5 Å². The number of benzene rings is 1. The van der Waals surface area contributed by atoms with Crippen LogP contribution in [-0.2, 0) is 10.4 Å². The molecule has 1 fully saturated rings. The van der Waals surface area contributed by atoms with Gasteiger partial charge in [-0.05, 0) is 23.3 Å². The number of aliphatic hydroxyl groups is 1. The first-order valence-electron chi connectivity index (χ1n) is 7.80. The number of carbonyl (C=O) groups excluding carboxylic acids is 2. The van der Waals surface area contributed by atoms with Gasteiger partial charge in [0, 0.05) is 31.6 Å².